The number of aromatic nitrogens is 3. The molecule has 0 unspecified atom stereocenters. The van der Waals surface area contributed by atoms with Crippen LogP contribution < -0.4 is 10.2 Å². The second kappa shape index (κ2) is 9.77. The summed E-state index contributed by atoms with van der Waals surface area (Å²) in [4.78, 5) is 21.7. The first-order valence-electron chi connectivity index (χ1n) is 11.7. The zero-order valence-electron chi connectivity index (χ0n) is 19.8. The molecule has 1 aromatic carbocycles. The van der Waals surface area contributed by atoms with Gasteiger partial charge in [0.25, 0.3) is 5.91 Å². The molecule has 4 aromatic rings. The summed E-state index contributed by atoms with van der Waals surface area (Å²) in [6.45, 7) is 3.02. The van der Waals surface area contributed by atoms with E-state index in [0.717, 1.165) is 64.7 Å². The zero-order chi connectivity index (χ0) is 24.4. The van der Waals surface area contributed by atoms with Gasteiger partial charge in [-0.1, -0.05) is 25.0 Å². The normalized spacial score (nSPS) is 14.9. The van der Waals surface area contributed by atoms with Crippen LogP contribution in [0.5, 0.6) is 5.75 Å². The molecule has 1 saturated carbocycles. The fourth-order valence-electron chi connectivity index (χ4n) is 5.00. The maximum Gasteiger partial charge on any atom is 0.274 e. The second-order valence-electron chi connectivity index (χ2n) is 8.82. The van der Waals surface area contributed by atoms with Crippen molar-refractivity contribution in [1.29, 1.82) is 0 Å². The number of carbonyl (C=O) groups excluding carboxylic acids is 1. The van der Waals surface area contributed by atoms with Crippen molar-refractivity contribution in [2.45, 2.75) is 38.0 Å². The minimum absolute atomic E-state index is 0.173. The Morgan fingerprint density at radius 3 is 2.66 bits per heavy atom. The van der Waals surface area contributed by atoms with Gasteiger partial charge in [-0.3, -0.25) is 14.4 Å². The number of carbonyl (C=O) groups is 1. The highest BCUT2D eigenvalue weighted by Crippen LogP contribution is 2.48. The van der Waals surface area contributed by atoms with E-state index in [4.69, 9.17) is 24.6 Å². The van der Waals surface area contributed by atoms with Crippen molar-refractivity contribution in [2.24, 2.45) is 0 Å². The average Bonchev–Trinajstić information content (AvgIpc) is 3.62. The van der Waals surface area contributed by atoms with E-state index < -0.39 is 5.91 Å². The first-order valence-corrected chi connectivity index (χ1v) is 12.6. The van der Waals surface area contributed by atoms with E-state index in [1.165, 1.54) is 0 Å². The molecule has 9 heteroatoms. The fraction of sp³-hybridized carbons (Fsp3) is 0.346. The molecule has 0 saturated heterocycles. The molecular formula is C26H28N4O4S. The van der Waals surface area contributed by atoms with Crippen molar-refractivity contribution >= 4 is 22.9 Å². The lowest BCUT2D eigenvalue weighted by Crippen LogP contribution is -2.24. The number of pyridine rings is 1. The number of hydrogen-bond donors (Lipinski definition) is 2. The second-order valence-corrected chi connectivity index (χ2v) is 9.68. The molecule has 2 N–H and O–H groups in total. The molecule has 0 radical (unpaired) electrons. The van der Waals surface area contributed by atoms with Crippen molar-refractivity contribution in [3.8, 4) is 17.1 Å². The van der Waals surface area contributed by atoms with Gasteiger partial charge < -0.3 is 9.47 Å². The van der Waals surface area contributed by atoms with Crippen LogP contribution in [-0.2, 0) is 10.2 Å². The standard InChI is InChI=1S/C26H28N4O4S/c1-17-23(30-12-9-20(15-22(30)27-17)34-14-13-33-2)21-16-35-25(28-21)26(10-3-4-11-26)19-7-5-18(6-8-19)24(31)29-32/h5-9,12,15-16,32H,3-4,10-11,13-14H2,1-2H3,(H,29,31). The topological polar surface area (TPSA) is 98.0 Å². The van der Waals surface area contributed by atoms with Crippen LogP contribution in [-0.4, -0.2) is 45.8 Å². The molecule has 5 rings (SSSR count). The Labute approximate surface area is 207 Å². The molecule has 0 bridgehead atoms. The molecule has 1 fully saturated rings. The molecule has 3 heterocycles. The van der Waals surface area contributed by atoms with Gasteiger partial charge in [-0.05, 0) is 43.5 Å². The molecule has 0 atom stereocenters. The minimum Gasteiger partial charge on any atom is -0.491 e. The Kier molecular flexibility index (Phi) is 6.55. The summed E-state index contributed by atoms with van der Waals surface area (Å²) in [5.74, 6) is 0.247. The Morgan fingerprint density at radius 2 is 1.94 bits per heavy atom. The van der Waals surface area contributed by atoms with Crippen molar-refractivity contribution < 1.29 is 19.5 Å². The number of methoxy groups -OCH3 is 1. The quantitative estimate of drug-likeness (QED) is 0.209. The highest BCUT2D eigenvalue weighted by atomic mass is 32.1. The first-order chi connectivity index (χ1) is 17.1. The van der Waals surface area contributed by atoms with Gasteiger partial charge in [-0.25, -0.2) is 15.4 Å². The maximum absolute atomic E-state index is 11.8. The van der Waals surface area contributed by atoms with Crippen molar-refractivity contribution in [1.82, 2.24) is 19.8 Å². The molecule has 182 valence electrons. The molecular weight excluding hydrogens is 464 g/mol. The van der Waals surface area contributed by atoms with E-state index in [-0.39, 0.29) is 5.41 Å². The number of hydroxylamine groups is 1. The average molecular weight is 493 g/mol. The van der Waals surface area contributed by atoms with Gasteiger partial charge in [-0.15, -0.1) is 11.3 Å². The monoisotopic (exact) mass is 492 g/mol. The van der Waals surface area contributed by atoms with Crippen LogP contribution in [0.25, 0.3) is 17.0 Å². The molecule has 1 aliphatic carbocycles. The number of nitrogens with one attached hydrogen (secondary N) is 1. The van der Waals surface area contributed by atoms with E-state index >= 15 is 0 Å². The number of hydrogen-bond acceptors (Lipinski definition) is 7. The SMILES string of the molecule is COCCOc1ccn2c(-c3csc(C4(c5ccc(C(=O)NO)cc5)CCCC4)n3)c(C)nc2c1. The smallest absolute Gasteiger partial charge is 0.274 e. The van der Waals surface area contributed by atoms with Crippen LogP contribution >= 0.6 is 11.3 Å². The Balaban J connectivity index is 1.48. The molecule has 0 aliphatic heterocycles. The van der Waals surface area contributed by atoms with Gasteiger partial charge in [0.2, 0.25) is 0 Å². The van der Waals surface area contributed by atoms with Crippen LogP contribution in [0.3, 0.4) is 0 Å². The van der Waals surface area contributed by atoms with E-state index in [2.05, 4.69) is 9.78 Å². The van der Waals surface area contributed by atoms with Gasteiger partial charge >= 0.3 is 0 Å². The Morgan fingerprint density at radius 1 is 1.17 bits per heavy atom. The number of benzene rings is 1. The number of fused-ring (bicyclic) bond motifs is 1. The number of amides is 1. The summed E-state index contributed by atoms with van der Waals surface area (Å²) in [6.07, 6.45) is 6.27. The van der Waals surface area contributed by atoms with E-state index in [0.29, 0.717) is 18.8 Å². The summed E-state index contributed by atoms with van der Waals surface area (Å²) in [5, 5.41) is 12.1. The highest BCUT2D eigenvalue weighted by Gasteiger charge is 2.40. The molecule has 0 spiro atoms. The van der Waals surface area contributed by atoms with Crippen molar-refractivity contribution in [3.63, 3.8) is 0 Å². The predicted octanol–water partition coefficient (Wildman–Crippen LogP) is 4.77. The fourth-order valence-corrected chi connectivity index (χ4v) is 6.08. The highest BCUT2D eigenvalue weighted by molar-refractivity contribution is 7.10. The summed E-state index contributed by atoms with van der Waals surface area (Å²) in [7, 11) is 1.65. The predicted molar refractivity (Wildman–Crippen MR) is 133 cm³/mol. The molecule has 35 heavy (non-hydrogen) atoms. The van der Waals surface area contributed by atoms with Crippen LogP contribution in [0.1, 0.15) is 52.3 Å². The number of imidazole rings is 1. The maximum atomic E-state index is 11.8. The lowest BCUT2D eigenvalue weighted by atomic mass is 9.79. The Hall–Kier alpha value is -3.27. The van der Waals surface area contributed by atoms with Gasteiger partial charge in [0.15, 0.2) is 0 Å². The third-order valence-electron chi connectivity index (χ3n) is 6.74. The van der Waals surface area contributed by atoms with Crippen LogP contribution in [0.4, 0.5) is 0 Å². The molecule has 8 nitrogen and oxygen atoms in total. The third kappa shape index (κ3) is 4.31. The van der Waals surface area contributed by atoms with E-state index in [1.807, 2.05) is 37.4 Å². The first kappa shape index (κ1) is 23.5. The minimum atomic E-state index is -0.510. The number of nitrogens with zero attached hydrogens (tertiary/aromatic N) is 3. The number of thiazole rings is 1. The number of ether oxygens (including phenoxy) is 2. The summed E-state index contributed by atoms with van der Waals surface area (Å²) in [6, 6.07) is 11.4. The van der Waals surface area contributed by atoms with Gasteiger partial charge in [0, 0.05) is 35.7 Å². The van der Waals surface area contributed by atoms with Gasteiger partial charge in [0.1, 0.15) is 28.7 Å². The van der Waals surface area contributed by atoms with Gasteiger partial charge in [0.05, 0.1) is 18.0 Å². The summed E-state index contributed by atoms with van der Waals surface area (Å²) >= 11 is 1.68. The number of aryl methyl sites for hydroxylation is 1. The van der Waals surface area contributed by atoms with Crippen molar-refractivity contribution in [3.05, 3.63) is 69.8 Å². The third-order valence-corrected chi connectivity index (χ3v) is 7.79. The lowest BCUT2D eigenvalue weighted by Gasteiger charge is -2.27. The largest absolute Gasteiger partial charge is 0.491 e. The molecule has 3 aromatic heterocycles. The lowest BCUT2D eigenvalue weighted by molar-refractivity contribution is 0.0706. The Bertz CT molecular complexity index is 1340. The van der Waals surface area contributed by atoms with E-state index in [9.17, 15) is 4.79 Å². The van der Waals surface area contributed by atoms with Crippen LogP contribution in [0.15, 0.2) is 48.0 Å². The molecule has 1 amide bonds. The van der Waals surface area contributed by atoms with Crippen molar-refractivity contribution in [2.75, 3.05) is 20.3 Å². The zero-order valence-corrected chi connectivity index (χ0v) is 20.6. The summed E-state index contributed by atoms with van der Waals surface area (Å²) in [5.41, 5.74) is 6.72. The van der Waals surface area contributed by atoms with Crippen LogP contribution in [0, 0.1) is 6.92 Å². The molecule has 1 aliphatic rings. The summed E-state index contributed by atoms with van der Waals surface area (Å²) < 4.78 is 12.9. The number of rotatable bonds is 8. The van der Waals surface area contributed by atoms with Gasteiger partial charge in [-0.2, -0.15) is 0 Å². The van der Waals surface area contributed by atoms with Crippen LogP contribution in [0.2, 0.25) is 0 Å². The van der Waals surface area contributed by atoms with E-state index in [1.54, 1.807) is 36.1 Å².